The number of hydrogen-bond acceptors (Lipinski definition) is 2. The van der Waals surface area contributed by atoms with Crippen molar-refractivity contribution < 1.29 is 9.53 Å². The Morgan fingerprint density at radius 1 is 1.33 bits per heavy atom. The molecule has 0 spiro atoms. The highest BCUT2D eigenvalue weighted by Gasteiger charge is 2.26. The number of nitrogens with two attached hydrogens (primary N) is 1. The monoisotopic (exact) mass is 270 g/mol. The maximum atomic E-state index is 11.4. The molecule has 1 aromatic rings. The number of primary amides is 1. The summed E-state index contributed by atoms with van der Waals surface area (Å²) in [7, 11) is 1.64. The van der Waals surface area contributed by atoms with Gasteiger partial charge in [0.15, 0.2) is 0 Å². The quantitative estimate of drug-likeness (QED) is 0.898. The lowest BCUT2D eigenvalue weighted by Gasteiger charge is -2.34. The summed E-state index contributed by atoms with van der Waals surface area (Å²) in [6.07, 6.45) is 3.16. The highest BCUT2D eigenvalue weighted by molar-refractivity contribution is 5.85. The van der Waals surface area contributed by atoms with E-state index in [1.54, 1.807) is 12.0 Å². The number of halogens is 1. The summed E-state index contributed by atoms with van der Waals surface area (Å²) < 4.78 is 5.13. The minimum absolute atomic E-state index is 0. The zero-order valence-electron chi connectivity index (χ0n) is 10.5. The van der Waals surface area contributed by atoms with Gasteiger partial charge in [-0.1, -0.05) is 12.1 Å². The number of rotatable bonds is 2. The van der Waals surface area contributed by atoms with Crippen molar-refractivity contribution >= 4 is 18.4 Å². The third-order valence-corrected chi connectivity index (χ3v) is 3.29. The van der Waals surface area contributed by atoms with Crippen LogP contribution in [0.2, 0.25) is 0 Å². The molecule has 100 valence electrons. The maximum absolute atomic E-state index is 11.4. The van der Waals surface area contributed by atoms with Crippen LogP contribution in [0.3, 0.4) is 0 Å². The summed E-state index contributed by atoms with van der Waals surface area (Å²) in [6.45, 7) is 0.756. The second-order valence-corrected chi connectivity index (χ2v) is 4.32. The van der Waals surface area contributed by atoms with E-state index in [9.17, 15) is 4.79 Å². The zero-order chi connectivity index (χ0) is 12.3. The van der Waals surface area contributed by atoms with Gasteiger partial charge in [-0.25, -0.2) is 4.79 Å². The predicted molar refractivity (Wildman–Crippen MR) is 73.1 cm³/mol. The number of ether oxygens (including phenoxy) is 1. The first-order valence-corrected chi connectivity index (χ1v) is 5.92. The molecule has 0 aliphatic carbocycles. The normalized spacial score (nSPS) is 18.9. The Kier molecular flexibility index (Phi) is 5.28. The van der Waals surface area contributed by atoms with E-state index in [4.69, 9.17) is 10.5 Å². The van der Waals surface area contributed by atoms with E-state index in [1.165, 1.54) is 0 Å². The van der Waals surface area contributed by atoms with Gasteiger partial charge in [-0.15, -0.1) is 12.4 Å². The fraction of sp³-hybridized carbons (Fsp3) is 0.462. The van der Waals surface area contributed by atoms with Gasteiger partial charge in [0.05, 0.1) is 13.2 Å². The van der Waals surface area contributed by atoms with Crippen LogP contribution in [0.25, 0.3) is 0 Å². The average molecular weight is 271 g/mol. The van der Waals surface area contributed by atoms with E-state index in [0.717, 1.165) is 37.1 Å². The molecule has 1 aromatic carbocycles. The number of benzene rings is 1. The Morgan fingerprint density at radius 3 is 2.56 bits per heavy atom. The van der Waals surface area contributed by atoms with Crippen LogP contribution in [0, 0.1) is 0 Å². The van der Waals surface area contributed by atoms with Gasteiger partial charge >= 0.3 is 6.03 Å². The Bertz CT molecular complexity index is 394. The third-order valence-electron chi connectivity index (χ3n) is 3.29. The lowest BCUT2D eigenvalue weighted by molar-refractivity contribution is 0.160. The molecule has 2 N–H and O–H groups in total. The Morgan fingerprint density at radius 2 is 2.00 bits per heavy atom. The predicted octanol–water partition coefficient (Wildman–Crippen LogP) is 2.72. The first-order chi connectivity index (χ1) is 8.22. The van der Waals surface area contributed by atoms with Crippen LogP contribution >= 0.6 is 12.4 Å². The molecule has 2 amide bonds. The molecule has 0 aromatic heterocycles. The molecule has 0 radical (unpaired) electrons. The van der Waals surface area contributed by atoms with E-state index in [1.807, 2.05) is 24.3 Å². The van der Waals surface area contributed by atoms with Crippen molar-refractivity contribution in [2.75, 3.05) is 13.7 Å². The molecule has 1 saturated heterocycles. The third kappa shape index (κ3) is 3.07. The number of methoxy groups -OCH3 is 1. The van der Waals surface area contributed by atoms with E-state index in [2.05, 4.69) is 0 Å². The van der Waals surface area contributed by atoms with Crippen LogP contribution in [0.15, 0.2) is 24.3 Å². The van der Waals surface area contributed by atoms with Crippen molar-refractivity contribution in [2.24, 2.45) is 5.73 Å². The highest BCUT2D eigenvalue weighted by atomic mass is 35.5. The minimum atomic E-state index is -0.328. The molecule has 1 aliphatic rings. The lowest BCUT2D eigenvalue weighted by atomic mass is 9.95. The first kappa shape index (κ1) is 14.6. The van der Waals surface area contributed by atoms with E-state index < -0.39 is 0 Å². The van der Waals surface area contributed by atoms with Gasteiger partial charge in [0.25, 0.3) is 0 Å². The van der Waals surface area contributed by atoms with Gasteiger partial charge in [0, 0.05) is 6.54 Å². The molecule has 1 fully saturated rings. The summed E-state index contributed by atoms with van der Waals surface area (Å²) in [5.74, 6) is 0.829. The van der Waals surface area contributed by atoms with Crippen molar-refractivity contribution in [3.8, 4) is 5.75 Å². The second kappa shape index (κ2) is 6.50. The number of carbonyl (C=O) groups excluding carboxylic acids is 1. The first-order valence-electron chi connectivity index (χ1n) is 5.92. The van der Waals surface area contributed by atoms with E-state index >= 15 is 0 Å². The van der Waals surface area contributed by atoms with Crippen molar-refractivity contribution in [2.45, 2.75) is 25.3 Å². The maximum Gasteiger partial charge on any atom is 0.315 e. The van der Waals surface area contributed by atoms with Crippen molar-refractivity contribution in [3.63, 3.8) is 0 Å². The number of piperidine rings is 1. The molecule has 0 saturated carbocycles. The number of urea groups is 1. The molecule has 2 rings (SSSR count). The molecule has 1 heterocycles. The van der Waals surface area contributed by atoms with Crippen molar-refractivity contribution in [1.29, 1.82) is 0 Å². The van der Waals surface area contributed by atoms with Gasteiger partial charge in [-0.2, -0.15) is 0 Å². The fourth-order valence-electron chi connectivity index (χ4n) is 2.37. The standard InChI is InChI=1S/C13H18N2O2.ClH/c1-17-11-7-5-10(6-8-11)12-4-2-3-9-15(12)13(14)16;/h5-8,12H,2-4,9H2,1H3,(H2,14,16);1H. The largest absolute Gasteiger partial charge is 0.497 e. The van der Waals surface area contributed by atoms with Crippen LogP contribution in [-0.2, 0) is 0 Å². The van der Waals surface area contributed by atoms with E-state index in [-0.39, 0.29) is 24.5 Å². The Balaban J connectivity index is 0.00000162. The number of hydrogen-bond donors (Lipinski definition) is 1. The van der Waals surface area contributed by atoms with Gasteiger partial charge < -0.3 is 15.4 Å². The summed E-state index contributed by atoms with van der Waals surface area (Å²) in [5.41, 5.74) is 6.54. The summed E-state index contributed by atoms with van der Waals surface area (Å²) in [5, 5.41) is 0. The van der Waals surface area contributed by atoms with Crippen LogP contribution in [0.4, 0.5) is 4.79 Å². The molecule has 1 unspecified atom stereocenters. The molecular weight excluding hydrogens is 252 g/mol. The number of carbonyl (C=O) groups is 1. The molecule has 4 nitrogen and oxygen atoms in total. The molecule has 1 aliphatic heterocycles. The average Bonchev–Trinajstić information content (AvgIpc) is 2.39. The van der Waals surface area contributed by atoms with Gasteiger partial charge in [-0.3, -0.25) is 0 Å². The smallest absolute Gasteiger partial charge is 0.315 e. The highest BCUT2D eigenvalue weighted by Crippen LogP contribution is 2.31. The van der Waals surface area contributed by atoms with Crippen LogP contribution in [0.1, 0.15) is 30.9 Å². The SMILES string of the molecule is COc1ccc(C2CCCCN2C(N)=O)cc1.Cl. The Hall–Kier alpha value is -1.42. The topological polar surface area (TPSA) is 55.6 Å². The fourth-order valence-corrected chi connectivity index (χ4v) is 2.37. The van der Waals surface area contributed by atoms with Crippen molar-refractivity contribution in [3.05, 3.63) is 29.8 Å². The molecular formula is C13H19ClN2O2. The second-order valence-electron chi connectivity index (χ2n) is 4.32. The molecule has 1 atom stereocenters. The van der Waals surface area contributed by atoms with Crippen LogP contribution in [0.5, 0.6) is 5.75 Å². The summed E-state index contributed by atoms with van der Waals surface area (Å²) >= 11 is 0. The summed E-state index contributed by atoms with van der Waals surface area (Å²) in [6, 6.07) is 7.64. The summed E-state index contributed by atoms with van der Waals surface area (Å²) in [4.78, 5) is 13.1. The van der Waals surface area contributed by atoms with E-state index in [0.29, 0.717) is 0 Å². The Labute approximate surface area is 114 Å². The number of likely N-dealkylation sites (tertiary alicyclic amines) is 1. The van der Waals surface area contributed by atoms with Crippen LogP contribution in [-0.4, -0.2) is 24.6 Å². The molecule has 5 heteroatoms. The van der Waals surface area contributed by atoms with Gasteiger partial charge in [0.2, 0.25) is 0 Å². The lowest BCUT2D eigenvalue weighted by Crippen LogP contribution is -2.41. The van der Waals surface area contributed by atoms with Gasteiger partial charge in [-0.05, 0) is 37.0 Å². The van der Waals surface area contributed by atoms with Gasteiger partial charge in [0.1, 0.15) is 5.75 Å². The number of amides is 2. The molecule has 0 bridgehead atoms. The van der Waals surface area contributed by atoms with Crippen LogP contribution < -0.4 is 10.5 Å². The van der Waals surface area contributed by atoms with Crippen molar-refractivity contribution in [1.82, 2.24) is 4.90 Å². The zero-order valence-corrected chi connectivity index (χ0v) is 11.3. The number of nitrogens with zero attached hydrogens (tertiary/aromatic N) is 1. The molecule has 18 heavy (non-hydrogen) atoms. The minimum Gasteiger partial charge on any atom is -0.497 e.